The lowest BCUT2D eigenvalue weighted by Gasteiger charge is -2.08. The average molecular weight is 343 g/mol. The van der Waals surface area contributed by atoms with Crippen LogP contribution in [0.1, 0.15) is 24.6 Å². The summed E-state index contributed by atoms with van der Waals surface area (Å²) in [4.78, 5) is 4.31. The Bertz CT molecular complexity index is 701. The summed E-state index contributed by atoms with van der Waals surface area (Å²) in [6.45, 7) is 0.0382. The molecule has 0 aliphatic heterocycles. The number of aromatic amines is 1. The number of nitrogens with zero attached hydrogens (tertiary/aromatic N) is 2. The molecule has 0 spiro atoms. The fraction of sp³-hybridized carbons (Fsp3) is 0.333. The molecule has 0 amide bonds. The smallest absolute Gasteiger partial charge is 0.184 e. The van der Waals surface area contributed by atoms with E-state index in [0.717, 1.165) is 18.7 Å². The third-order valence-corrected chi connectivity index (χ3v) is 3.49. The second kappa shape index (κ2) is 7.52. The SMILES string of the molecule is Cl.NC/C(=C\F)COc1ccc(-c2n[nH]c(C3CC3)n2)c(F)c1. The van der Waals surface area contributed by atoms with E-state index in [0.29, 0.717) is 35.0 Å². The van der Waals surface area contributed by atoms with Crippen molar-refractivity contribution in [3.63, 3.8) is 0 Å². The van der Waals surface area contributed by atoms with Gasteiger partial charge in [0.1, 0.15) is 24.0 Å². The van der Waals surface area contributed by atoms with Gasteiger partial charge in [-0.25, -0.2) is 13.8 Å². The van der Waals surface area contributed by atoms with Gasteiger partial charge in [0.2, 0.25) is 0 Å². The molecular formula is C15H17ClF2N4O. The second-order valence-electron chi connectivity index (χ2n) is 5.22. The van der Waals surface area contributed by atoms with Gasteiger partial charge in [-0.1, -0.05) is 0 Å². The Morgan fingerprint density at radius 3 is 2.83 bits per heavy atom. The highest BCUT2D eigenvalue weighted by molar-refractivity contribution is 5.85. The topological polar surface area (TPSA) is 76.8 Å². The van der Waals surface area contributed by atoms with Crippen molar-refractivity contribution in [2.75, 3.05) is 13.2 Å². The van der Waals surface area contributed by atoms with E-state index in [1.165, 1.54) is 6.07 Å². The highest BCUT2D eigenvalue weighted by Crippen LogP contribution is 2.38. The Morgan fingerprint density at radius 1 is 1.43 bits per heavy atom. The predicted molar refractivity (Wildman–Crippen MR) is 84.7 cm³/mol. The first-order chi connectivity index (χ1) is 10.7. The molecule has 3 rings (SSSR count). The third-order valence-electron chi connectivity index (χ3n) is 3.49. The molecular weight excluding hydrogens is 326 g/mol. The van der Waals surface area contributed by atoms with E-state index >= 15 is 0 Å². The zero-order valence-electron chi connectivity index (χ0n) is 12.3. The molecule has 1 fully saturated rings. The van der Waals surface area contributed by atoms with Gasteiger partial charge in [-0.2, -0.15) is 5.10 Å². The monoisotopic (exact) mass is 342 g/mol. The van der Waals surface area contributed by atoms with Gasteiger partial charge in [-0.3, -0.25) is 5.10 Å². The molecule has 23 heavy (non-hydrogen) atoms. The van der Waals surface area contributed by atoms with Crippen LogP contribution < -0.4 is 10.5 Å². The van der Waals surface area contributed by atoms with Crippen LogP contribution in [-0.2, 0) is 0 Å². The molecule has 1 saturated carbocycles. The van der Waals surface area contributed by atoms with E-state index in [-0.39, 0.29) is 25.6 Å². The van der Waals surface area contributed by atoms with Gasteiger partial charge in [0.25, 0.3) is 0 Å². The van der Waals surface area contributed by atoms with Crippen molar-refractivity contribution in [3.05, 3.63) is 41.7 Å². The molecule has 1 aliphatic rings. The van der Waals surface area contributed by atoms with Gasteiger partial charge >= 0.3 is 0 Å². The van der Waals surface area contributed by atoms with Crippen LogP contribution in [0, 0.1) is 5.82 Å². The lowest BCUT2D eigenvalue weighted by atomic mass is 10.2. The Labute approximate surface area is 138 Å². The summed E-state index contributed by atoms with van der Waals surface area (Å²) in [5.41, 5.74) is 5.93. The quantitative estimate of drug-likeness (QED) is 0.845. The number of nitrogens with two attached hydrogens (primary N) is 1. The van der Waals surface area contributed by atoms with Crippen molar-refractivity contribution >= 4 is 12.4 Å². The number of hydrogen-bond acceptors (Lipinski definition) is 4. The maximum absolute atomic E-state index is 14.2. The van der Waals surface area contributed by atoms with Gasteiger partial charge in [-0.15, -0.1) is 12.4 Å². The van der Waals surface area contributed by atoms with Crippen LogP contribution in [-0.4, -0.2) is 28.3 Å². The van der Waals surface area contributed by atoms with Crippen molar-refractivity contribution in [1.82, 2.24) is 15.2 Å². The van der Waals surface area contributed by atoms with E-state index in [1.807, 2.05) is 0 Å². The summed E-state index contributed by atoms with van der Waals surface area (Å²) in [6, 6.07) is 4.37. The summed E-state index contributed by atoms with van der Waals surface area (Å²) in [7, 11) is 0. The molecule has 1 aromatic heterocycles. The molecule has 0 saturated heterocycles. The Morgan fingerprint density at radius 2 is 2.22 bits per heavy atom. The molecule has 1 aromatic carbocycles. The molecule has 0 unspecified atom stereocenters. The third kappa shape index (κ3) is 4.05. The lowest BCUT2D eigenvalue weighted by molar-refractivity contribution is 0.345. The number of rotatable bonds is 6. The molecule has 1 heterocycles. The normalized spacial score (nSPS) is 14.5. The number of benzene rings is 1. The zero-order valence-corrected chi connectivity index (χ0v) is 13.1. The van der Waals surface area contributed by atoms with E-state index < -0.39 is 5.82 Å². The molecule has 0 bridgehead atoms. The fourth-order valence-electron chi connectivity index (χ4n) is 2.01. The average Bonchev–Trinajstić information content (AvgIpc) is 3.27. The summed E-state index contributed by atoms with van der Waals surface area (Å²) in [6.07, 6.45) is 2.59. The molecule has 8 heteroatoms. The van der Waals surface area contributed by atoms with Gasteiger partial charge in [-0.05, 0) is 25.0 Å². The summed E-state index contributed by atoms with van der Waals surface area (Å²) in [5.74, 6) is 1.37. The van der Waals surface area contributed by atoms with E-state index in [4.69, 9.17) is 10.5 Å². The number of ether oxygens (including phenoxy) is 1. The van der Waals surface area contributed by atoms with E-state index in [9.17, 15) is 8.78 Å². The summed E-state index contributed by atoms with van der Waals surface area (Å²) >= 11 is 0. The molecule has 2 aromatic rings. The Balaban J connectivity index is 0.00000192. The fourth-order valence-corrected chi connectivity index (χ4v) is 2.01. The number of aromatic nitrogens is 3. The highest BCUT2D eigenvalue weighted by atomic mass is 35.5. The van der Waals surface area contributed by atoms with Gasteiger partial charge < -0.3 is 10.5 Å². The standard InChI is InChI=1S/C15H16F2N4O.ClH/c16-6-9(7-18)8-22-11-3-4-12(13(17)5-11)15-19-14(20-21-15)10-1-2-10;/h3-6,10H,1-2,7-8,18H2,(H,19,20,21);1H/b9-6+;. The highest BCUT2D eigenvalue weighted by Gasteiger charge is 2.27. The molecule has 3 N–H and O–H groups in total. The second-order valence-corrected chi connectivity index (χ2v) is 5.22. The first-order valence-corrected chi connectivity index (χ1v) is 7.04. The minimum absolute atomic E-state index is 0. The van der Waals surface area contributed by atoms with Gasteiger partial charge in [0, 0.05) is 24.1 Å². The molecule has 0 radical (unpaired) electrons. The first-order valence-electron chi connectivity index (χ1n) is 7.04. The summed E-state index contributed by atoms with van der Waals surface area (Å²) in [5, 5.41) is 6.89. The van der Waals surface area contributed by atoms with Gasteiger partial charge in [0.05, 0.1) is 11.9 Å². The van der Waals surface area contributed by atoms with Crippen molar-refractivity contribution in [2.24, 2.45) is 5.73 Å². The van der Waals surface area contributed by atoms with Crippen LogP contribution in [0.4, 0.5) is 8.78 Å². The van der Waals surface area contributed by atoms with Gasteiger partial charge in [0.15, 0.2) is 5.82 Å². The van der Waals surface area contributed by atoms with Crippen LogP contribution >= 0.6 is 12.4 Å². The van der Waals surface area contributed by atoms with Crippen LogP contribution in [0.2, 0.25) is 0 Å². The van der Waals surface area contributed by atoms with Crippen LogP contribution in [0.5, 0.6) is 5.75 Å². The first kappa shape index (κ1) is 17.4. The predicted octanol–water partition coefficient (Wildman–Crippen LogP) is 3.10. The molecule has 1 aliphatic carbocycles. The number of halogens is 3. The van der Waals surface area contributed by atoms with Crippen LogP contribution in [0.15, 0.2) is 30.1 Å². The maximum atomic E-state index is 14.2. The molecule has 124 valence electrons. The summed E-state index contributed by atoms with van der Waals surface area (Å²) < 4.78 is 31.8. The van der Waals surface area contributed by atoms with Crippen molar-refractivity contribution in [3.8, 4) is 17.1 Å². The largest absolute Gasteiger partial charge is 0.489 e. The number of hydrogen-bond donors (Lipinski definition) is 2. The minimum Gasteiger partial charge on any atom is -0.489 e. The Hall–Kier alpha value is -1.99. The molecule has 0 atom stereocenters. The van der Waals surface area contributed by atoms with E-state index in [1.54, 1.807) is 12.1 Å². The minimum atomic E-state index is -0.489. The van der Waals surface area contributed by atoms with Crippen LogP contribution in [0.3, 0.4) is 0 Å². The zero-order chi connectivity index (χ0) is 15.5. The Kier molecular flexibility index (Phi) is 5.68. The van der Waals surface area contributed by atoms with Crippen LogP contribution in [0.25, 0.3) is 11.4 Å². The van der Waals surface area contributed by atoms with E-state index in [2.05, 4.69) is 15.2 Å². The van der Waals surface area contributed by atoms with Crippen molar-refractivity contribution < 1.29 is 13.5 Å². The van der Waals surface area contributed by atoms with Crippen molar-refractivity contribution in [2.45, 2.75) is 18.8 Å². The number of H-pyrrole nitrogens is 1. The number of nitrogens with one attached hydrogen (secondary N) is 1. The van der Waals surface area contributed by atoms with Crippen molar-refractivity contribution in [1.29, 1.82) is 0 Å². The maximum Gasteiger partial charge on any atom is 0.184 e. The molecule has 5 nitrogen and oxygen atoms in total. The lowest BCUT2D eigenvalue weighted by Crippen LogP contribution is -2.10.